The zero-order valence-corrected chi connectivity index (χ0v) is 15.4. The van der Waals surface area contributed by atoms with Gasteiger partial charge in [-0.3, -0.25) is 9.59 Å². The molecule has 0 bridgehead atoms. The van der Waals surface area contributed by atoms with Gasteiger partial charge in [0.15, 0.2) is 9.84 Å². The molecule has 0 saturated heterocycles. The van der Waals surface area contributed by atoms with Gasteiger partial charge in [0.25, 0.3) is 0 Å². The topological polar surface area (TPSA) is 92.3 Å². The molecule has 0 aromatic heterocycles. The minimum absolute atomic E-state index is 0.0330. The molecule has 10 heteroatoms. The van der Waals surface area contributed by atoms with Crippen LogP contribution in [0.4, 0.5) is 20.2 Å². The molecule has 0 fully saturated rings. The molecule has 1 aliphatic heterocycles. The van der Waals surface area contributed by atoms with Crippen molar-refractivity contribution in [3.05, 3.63) is 48.0 Å². The van der Waals surface area contributed by atoms with Crippen LogP contribution in [0, 0.1) is 11.6 Å². The summed E-state index contributed by atoms with van der Waals surface area (Å²) < 4.78 is 51.3. The van der Waals surface area contributed by atoms with Gasteiger partial charge in [-0.15, -0.1) is 11.8 Å². The van der Waals surface area contributed by atoms with Crippen LogP contribution in [0.1, 0.15) is 6.42 Å². The average Bonchev–Trinajstić information content (AvgIpc) is 2.62. The average molecular weight is 412 g/mol. The van der Waals surface area contributed by atoms with E-state index >= 15 is 0 Å². The first-order valence-corrected chi connectivity index (χ1v) is 10.4. The lowest BCUT2D eigenvalue weighted by Crippen LogP contribution is -2.20. The van der Waals surface area contributed by atoms with Crippen molar-refractivity contribution in [2.45, 2.75) is 16.2 Å². The summed E-state index contributed by atoms with van der Waals surface area (Å²) in [4.78, 5) is 23.9. The van der Waals surface area contributed by atoms with E-state index < -0.39 is 33.1 Å². The number of thioether (sulfide) groups is 1. The van der Waals surface area contributed by atoms with Crippen LogP contribution in [0.5, 0.6) is 0 Å². The minimum Gasteiger partial charge on any atom is -0.324 e. The molecule has 142 valence electrons. The minimum atomic E-state index is -3.75. The van der Waals surface area contributed by atoms with Gasteiger partial charge in [0.1, 0.15) is 11.6 Å². The summed E-state index contributed by atoms with van der Waals surface area (Å²) in [6.07, 6.45) is -0.389. The van der Waals surface area contributed by atoms with E-state index in [9.17, 15) is 26.8 Å². The molecule has 2 amide bonds. The molecule has 0 saturated carbocycles. The Morgan fingerprint density at radius 1 is 1.19 bits per heavy atom. The number of sulfone groups is 1. The number of fused-ring (bicyclic) bond motifs is 1. The van der Waals surface area contributed by atoms with Crippen LogP contribution >= 0.6 is 11.8 Å². The molecule has 0 atom stereocenters. The third kappa shape index (κ3) is 4.64. The quantitative estimate of drug-likeness (QED) is 0.788. The summed E-state index contributed by atoms with van der Waals surface area (Å²) in [6.45, 7) is 0. The predicted molar refractivity (Wildman–Crippen MR) is 97.5 cm³/mol. The molecule has 6 nitrogen and oxygen atoms in total. The summed E-state index contributed by atoms with van der Waals surface area (Å²) >= 11 is 1.23. The number of benzene rings is 2. The van der Waals surface area contributed by atoms with Crippen molar-refractivity contribution in [3.8, 4) is 0 Å². The van der Waals surface area contributed by atoms with E-state index in [0.717, 1.165) is 12.1 Å². The molecule has 2 N–H and O–H groups in total. The van der Waals surface area contributed by atoms with E-state index in [0.29, 0.717) is 16.6 Å². The Labute approximate surface area is 158 Å². The zero-order valence-electron chi connectivity index (χ0n) is 13.8. The molecule has 3 rings (SSSR count). The second-order valence-electron chi connectivity index (χ2n) is 5.74. The fourth-order valence-electron chi connectivity index (χ4n) is 2.40. The standard InChI is InChI=1S/C17H14F2N2O4S2/c18-10-1-3-13(12(19)7-10)20-16(22)5-6-27(24,25)11-2-4-14-15(8-11)26-9-17(23)21-14/h1-4,7-8H,5-6,9H2,(H,20,22)(H,21,23). The lowest BCUT2D eigenvalue weighted by Gasteiger charge is -2.17. The molecule has 27 heavy (non-hydrogen) atoms. The number of halogens is 2. The fourth-order valence-corrected chi connectivity index (χ4v) is 4.58. The normalized spacial score (nSPS) is 13.6. The summed E-state index contributed by atoms with van der Waals surface area (Å²) in [7, 11) is -3.75. The van der Waals surface area contributed by atoms with Crippen LogP contribution in [0.2, 0.25) is 0 Å². The third-order valence-corrected chi connectivity index (χ3v) is 6.52. The van der Waals surface area contributed by atoms with Crippen molar-refractivity contribution in [2.24, 2.45) is 0 Å². The Hall–Kier alpha value is -2.46. The highest BCUT2D eigenvalue weighted by Gasteiger charge is 2.21. The molecular formula is C17H14F2N2O4S2. The van der Waals surface area contributed by atoms with Crippen molar-refractivity contribution in [2.75, 3.05) is 22.1 Å². The van der Waals surface area contributed by atoms with Crippen molar-refractivity contribution in [3.63, 3.8) is 0 Å². The highest BCUT2D eigenvalue weighted by Crippen LogP contribution is 2.33. The van der Waals surface area contributed by atoms with Crippen molar-refractivity contribution in [1.29, 1.82) is 0 Å². The summed E-state index contributed by atoms with van der Waals surface area (Å²) in [5.74, 6) is -2.87. The molecule has 1 heterocycles. The lowest BCUT2D eigenvalue weighted by atomic mass is 10.3. The Kier molecular flexibility index (Phi) is 5.47. The van der Waals surface area contributed by atoms with Crippen LogP contribution in [0.15, 0.2) is 46.2 Å². The summed E-state index contributed by atoms with van der Waals surface area (Å²) in [6, 6.07) is 6.98. The van der Waals surface area contributed by atoms with E-state index in [1.165, 1.54) is 30.0 Å². The van der Waals surface area contributed by atoms with Gasteiger partial charge in [0.05, 0.1) is 27.8 Å². The first-order chi connectivity index (χ1) is 12.7. The maximum absolute atomic E-state index is 13.5. The van der Waals surface area contributed by atoms with Gasteiger partial charge in [-0.25, -0.2) is 17.2 Å². The molecule has 2 aromatic rings. The van der Waals surface area contributed by atoms with E-state index in [-0.39, 0.29) is 28.7 Å². The van der Waals surface area contributed by atoms with Crippen LogP contribution in [0.25, 0.3) is 0 Å². The Bertz CT molecular complexity index is 1030. The highest BCUT2D eigenvalue weighted by atomic mass is 32.2. The van der Waals surface area contributed by atoms with E-state index in [2.05, 4.69) is 10.6 Å². The third-order valence-electron chi connectivity index (χ3n) is 3.75. The van der Waals surface area contributed by atoms with Crippen molar-refractivity contribution < 1.29 is 26.8 Å². The molecule has 2 aromatic carbocycles. The second-order valence-corrected chi connectivity index (χ2v) is 8.86. The molecule has 0 unspecified atom stereocenters. The summed E-state index contributed by atoms with van der Waals surface area (Å²) in [5.41, 5.74) is 0.319. The van der Waals surface area contributed by atoms with Gasteiger partial charge in [-0.2, -0.15) is 0 Å². The summed E-state index contributed by atoms with van der Waals surface area (Å²) in [5, 5.41) is 4.86. The first kappa shape index (κ1) is 19.3. The van der Waals surface area contributed by atoms with Crippen LogP contribution < -0.4 is 10.6 Å². The fraction of sp³-hybridized carbons (Fsp3) is 0.176. The molecule has 0 aliphatic carbocycles. The largest absolute Gasteiger partial charge is 0.324 e. The van der Waals surface area contributed by atoms with Crippen LogP contribution in [-0.2, 0) is 19.4 Å². The monoisotopic (exact) mass is 412 g/mol. The lowest BCUT2D eigenvalue weighted by molar-refractivity contribution is -0.116. The maximum atomic E-state index is 13.5. The molecule has 0 radical (unpaired) electrons. The zero-order chi connectivity index (χ0) is 19.6. The number of nitrogens with one attached hydrogen (secondary N) is 2. The van der Waals surface area contributed by atoms with E-state index in [1.54, 1.807) is 0 Å². The number of amides is 2. The number of carbonyl (C=O) groups is 2. The van der Waals surface area contributed by atoms with Gasteiger partial charge in [-0.05, 0) is 30.3 Å². The van der Waals surface area contributed by atoms with Crippen LogP contribution in [-0.4, -0.2) is 31.7 Å². The molecular weight excluding hydrogens is 398 g/mol. The van der Waals surface area contributed by atoms with Gasteiger partial charge < -0.3 is 10.6 Å². The van der Waals surface area contributed by atoms with E-state index in [4.69, 9.17) is 0 Å². The Balaban J connectivity index is 1.66. The number of anilines is 2. The molecule has 0 spiro atoms. The maximum Gasteiger partial charge on any atom is 0.234 e. The van der Waals surface area contributed by atoms with Gasteiger partial charge in [-0.1, -0.05) is 0 Å². The Morgan fingerprint density at radius 3 is 2.70 bits per heavy atom. The molecule has 1 aliphatic rings. The van der Waals surface area contributed by atoms with Gasteiger partial charge in [0.2, 0.25) is 11.8 Å². The number of hydrogen-bond donors (Lipinski definition) is 2. The highest BCUT2D eigenvalue weighted by molar-refractivity contribution is 8.00. The number of hydrogen-bond acceptors (Lipinski definition) is 5. The van der Waals surface area contributed by atoms with Gasteiger partial charge >= 0.3 is 0 Å². The second kappa shape index (κ2) is 7.65. The number of carbonyl (C=O) groups excluding carboxylic acids is 2. The number of rotatable bonds is 5. The SMILES string of the molecule is O=C(CCS(=O)(=O)c1ccc2c(c1)SCC(=O)N2)Nc1ccc(F)cc1F. The predicted octanol–water partition coefficient (Wildman–Crippen LogP) is 2.81. The Morgan fingerprint density at radius 2 is 1.96 bits per heavy atom. The van der Waals surface area contributed by atoms with Gasteiger partial charge in [0, 0.05) is 17.4 Å². The van der Waals surface area contributed by atoms with Crippen LogP contribution in [0.3, 0.4) is 0 Å². The first-order valence-electron chi connectivity index (χ1n) is 7.79. The van der Waals surface area contributed by atoms with Crippen molar-refractivity contribution in [1.82, 2.24) is 0 Å². The van der Waals surface area contributed by atoms with Crippen molar-refractivity contribution >= 4 is 44.8 Å². The van der Waals surface area contributed by atoms with E-state index in [1.807, 2.05) is 0 Å². The smallest absolute Gasteiger partial charge is 0.234 e.